The van der Waals surface area contributed by atoms with Crippen molar-refractivity contribution in [2.75, 3.05) is 14.2 Å². The van der Waals surface area contributed by atoms with Gasteiger partial charge in [0, 0.05) is 11.8 Å². The van der Waals surface area contributed by atoms with Gasteiger partial charge < -0.3 is 9.47 Å². The minimum atomic E-state index is -0.133. The highest BCUT2D eigenvalue weighted by Gasteiger charge is 2.08. The summed E-state index contributed by atoms with van der Waals surface area (Å²) in [5.74, 6) is 0.968. The predicted octanol–water partition coefficient (Wildman–Crippen LogP) is 3.65. The van der Waals surface area contributed by atoms with Gasteiger partial charge in [-0.2, -0.15) is 0 Å². The average molecular weight is 304 g/mol. The number of nitrogens with zero attached hydrogens (tertiary/aromatic N) is 1. The Morgan fingerprint density at radius 2 is 1.90 bits per heavy atom. The molecule has 0 radical (unpaired) electrons. The minimum absolute atomic E-state index is 0.133. The van der Waals surface area contributed by atoms with Crippen molar-refractivity contribution in [2.24, 2.45) is 0 Å². The van der Waals surface area contributed by atoms with Gasteiger partial charge in [-0.25, -0.2) is 4.98 Å². The van der Waals surface area contributed by atoms with Gasteiger partial charge in [0.15, 0.2) is 17.3 Å². The molecule has 0 fully saturated rings. The van der Waals surface area contributed by atoms with E-state index in [1.165, 1.54) is 13.2 Å². The van der Waals surface area contributed by atoms with Gasteiger partial charge in [0.1, 0.15) is 5.15 Å². The summed E-state index contributed by atoms with van der Waals surface area (Å²) in [7, 11) is 3.08. The fraction of sp³-hybridized carbons (Fsp3) is 0.125. The molecule has 1 heterocycles. The number of hydrogen-bond donors (Lipinski definition) is 0. The first-order chi connectivity index (χ1) is 10.1. The van der Waals surface area contributed by atoms with Crippen molar-refractivity contribution in [3.05, 3.63) is 58.9 Å². The summed E-state index contributed by atoms with van der Waals surface area (Å²) in [6.07, 6.45) is 4.76. The fourth-order valence-electron chi connectivity index (χ4n) is 1.74. The molecule has 0 bridgehead atoms. The molecule has 0 atom stereocenters. The third kappa shape index (κ3) is 3.83. The second-order valence-electron chi connectivity index (χ2n) is 4.18. The number of hydrogen-bond acceptors (Lipinski definition) is 4. The first-order valence-corrected chi connectivity index (χ1v) is 6.58. The highest BCUT2D eigenvalue weighted by molar-refractivity contribution is 6.29. The van der Waals surface area contributed by atoms with Gasteiger partial charge in [-0.3, -0.25) is 4.79 Å². The van der Waals surface area contributed by atoms with Crippen molar-refractivity contribution >= 4 is 23.5 Å². The maximum absolute atomic E-state index is 12.1. The maximum atomic E-state index is 12.1. The van der Waals surface area contributed by atoms with E-state index in [1.54, 1.807) is 49.7 Å². The number of methoxy groups -OCH3 is 2. The molecule has 2 rings (SSSR count). The van der Waals surface area contributed by atoms with E-state index in [-0.39, 0.29) is 5.78 Å². The number of pyridine rings is 1. The molecule has 4 nitrogen and oxygen atoms in total. The van der Waals surface area contributed by atoms with Gasteiger partial charge in [-0.1, -0.05) is 17.7 Å². The number of aromatic nitrogens is 1. The number of ketones is 1. The van der Waals surface area contributed by atoms with Crippen LogP contribution in [0.4, 0.5) is 0 Å². The van der Waals surface area contributed by atoms with Crippen LogP contribution >= 0.6 is 11.6 Å². The Morgan fingerprint density at radius 1 is 1.14 bits per heavy atom. The van der Waals surface area contributed by atoms with Gasteiger partial charge >= 0.3 is 0 Å². The van der Waals surface area contributed by atoms with Crippen molar-refractivity contribution < 1.29 is 14.3 Å². The molecule has 5 heteroatoms. The molecular formula is C16H14ClNO3. The van der Waals surface area contributed by atoms with Crippen LogP contribution in [0.2, 0.25) is 5.15 Å². The molecule has 0 amide bonds. The lowest BCUT2D eigenvalue weighted by molar-refractivity contribution is 0.104. The Bertz CT molecular complexity index is 666. The molecule has 108 valence electrons. The quantitative estimate of drug-likeness (QED) is 0.480. The zero-order valence-corrected chi connectivity index (χ0v) is 12.4. The molecule has 0 aliphatic rings. The third-order valence-corrected chi connectivity index (χ3v) is 3.07. The average Bonchev–Trinajstić information content (AvgIpc) is 2.53. The van der Waals surface area contributed by atoms with Crippen LogP contribution in [0.3, 0.4) is 0 Å². The Morgan fingerprint density at radius 3 is 2.52 bits per heavy atom. The van der Waals surface area contributed by atoms with Crippen LogP contribution in [0.5, 0.6) is 11.5 Å². The van der Waals surface area contributed by atoms with E-state index >= 15 is 0 Å². The Kier molecular flexibility index (Phi) is 4.95. The fourth-order valence-corrected chi connectivity index (χ4v) is 1.86. The van der Waals surface area contributed by atoms with Crippen molar-refractivity contribution in [3.63, 3.8) is 0 Å². The van der Waals surface area contributed by atoms with Crippen LogP contribution in [-0.4, -0.2) is 25.0 Å². The van der Waals surface area contributed by atoms with Crippen LogP contribution < -0.4 is 9.47 Å². The normalized spacial score (nSPS) is 10.6. The van der Waals surface area contributed by atoms with Crippen LogP contribution in [0.15, 0.2) is 42.6 Å². The van der Waals surface area contributed by atoms with Crippen molar-refractivity contribution in [2.45, 2.75) is 0 Å². The molecule has 0 unspecified atom stereocenters. The molecule has 21 heavy (non-hydrogen) atoms. The van der Waals surface area contributed by atoms with E-state index in [0.717, 1.165) is 5.56 Å². The van der Waals surface area contributed by atoms with Crippen molar-refractivity contribution in [3.8, 4) is 11.5 Å². The van der Waals surface area contributed by atoms with Gasteiger partial charge in [-0.05, 0) is 42.0 Å². The molecular weight excluding hydrogens is 290 g/mol. The topological polar surface area (TPSA) is 48.4 Å². The zero-order valence-electron chi connectivity index (χ0n) is 11.7. The second kappa shape index (κ2) is 6.90. The summed E-state index contributed by atoms with van der Waals surface area (Å²) >= 11 is 5.70. The van der Waals surface area contributed by atoms with Gasteiger partial charge in [0.2, 0.25) is 0 Å². The van der Waals surface area contributed by atoms with E-state index in [9.17, 15) is 4.79 Å². The smallest absolute Gasteiger partial charge is 0.185 e. The van der Waals surface area contributed by atoms with Gasteiger partial charge in [-0.15, -0.1) is 0 Å². The van der Waals surface area contributed by atoms with E-state index in [4.69, 9.17) is 21.1 Å². The van der Waals surface area contributed by atoms with Crippen molar-refractivity contribution in [1.82, 2.24) is 4.98 Å². The number of rotatable bonds is 5. The summed E-state index contributed by atoms with van der Waals surface area (Å²) in [5.41, 5.74) is 1.32. The predicted molar refractivity (Wildman–Crippen MR) is 82.2 cm³/mol. The lowest BCUT2D eigenvalue weighted by Crippen LogP contribution is -1.97. The SMILES string of the molecule is COc1ccc(C(=O)/C=C/c2ccc(Cl)nc2)cc1OC. The summed E-state index contributed by atoms with van der Waals surface area (Å²) in [5, 5.41) is 0.415. The number of allylic oxidation sites excluding steroid dienone is 1. The number of halogens is 1. The maximum Gasteiger partial charge on any atom is 0.185 e. The Hall–Kier alpha value is -2.33. The number of benzene rings is 1. The van der Waals surface area contributed by atoms with Gasteiger partial charge in [0.25, 0.3) is 0 Å². The lowest BCUT2D eigenvalue weighted by atomic mass is 10.1. The number of carbonyl (C=O) groups excluding carboxylic acids is 1. The van der Waals surface area contributed by atoms with E-state index in [0.29, 0.717) is 22.2 Å². The zero-order chi connectivity index (χ0) is 15.2. The largest absolute Gasteiger partial charge is 0.493 e. The molecule has 0 spiro atoms. The monoisotopic (exact) mass is 303 g/mol. The molecule has 1 aromatic heterocycles. The number of carbonyl (C=O) groups is 1. The minimum Gasteiger partial charge on any atom is -0.493 e. The summed E-state index contributed by atoms with van der Waals surface area (Å²) in [6.45, 7) is 0. The molecule has 0 saturated heterocycles. The highest BCUT2D eigenvalue weighted by Crippen LogP contribution is 2.27. The molecule has 0 aliphatic heterocycles. The summed E-state index contributed by atoms with van der Waals surface area (Å²) < 4.78 is 10.3. The van der Waals surface area contributed by atoms with E-state index in [2.05, 4.69) is 4.98 Å². The second-order valence-corrected chi connectivity index (χ2v) is 4.57. The van der Waals surface area contributed by atoms with Crippen molar-refractivity contribution in [1.29, 1.82) is 0 Å². The standard InChI is InChI=1S/C16H14ClNO3/c1-20-14-7-5-12(9-15(14)21-2)13(19)6-3-11-4-8-16(17)18-10-11/h3-10H,1-2H3/b6-3+. The summed E-state index contributed by atoms with van der Waals surface area (Å²) in [4.78, 5) is 16.1. The highest BCUT2D eigenvalue weighted by atomic mass is 35.5. The first-order valence-electron chi connectivity index (χ1n) is 6.20. The van der Waals surface area contributed by atoms with Crippen LogP contribution in [0.1, 0.15) is 15.9 Å². The third-order valence-electron chi connectivity index (χ3n) is 2.85. The van der Waals surface area contributed by atoms with Gasteiger partial charge in [0.05, 0.1) is 14.2 Å². The lowest BCUT2D eigenvalue weighted by Gasteiger charge is -2.07. The first kappa shape index (κ1) is 15.1. The Labute approximate surface area is 128 Å². The summed E-state index contributed by atoms with van der Waals surface area (Å²) in [6, 6.07) is 8.49. The molecule has 0 saturated carbocycles. The number of ether oxygens (including phenoxy) is 2. The molecule has 1 aromatic carbocycles. The van der Waals surface area contributed by atoms with Crippen LogP contribution in [0, 0.1) is 0 Å². The van der Waals surface area contributed by atoms with E-state index in [1.807, 2.05) is 0 Å². The van der Waals surface area contributed by atoms with Crippen LogP contribution in [-0.2, 0) is 0 Å². The van der Waals surface area contributed by atoms with E-state index < -0.39 is 0 Å². The molecule has 0 aliphatic carbocycles. The molecule has 0 N–H and O–H groups in total. The Balaban J connectivity index is 2.18. The molecule has 2 aromatic rings. The van der Waals surface area contributed by atoms with Crippen LogP contribution in [0.25, 0.3) is 6.08 Å².